The van der Waals surface area contributed by atoms with E-state index in [1.54, 1.807) is 18.2 Å². The van der Waals surface area contributed by atoms with Crippen molar-refractivity contribution in [2.24, 2.45) is 0 Å². The zero-order valence-electron chi connectivity index (χ0n) is 14.6. The summed E-state index contributed by atoms with van der Waals surface area (Å²) in [6, 6.07) is 15.6. The lowest BCUT2D eigenvalue weighted by Crippen LogP contribution is -2.30. The molecule has 3 aromatic rings. The van der Waals surface area contributed by atoms with Gasteiger partial charge in [-0.05, 0) is 30.0 Å². The monoisotopic (exact) mass is 360 g/mol. The van der Waals surface area contributed by atoms with E-state index in [0.717, 1.165) is 34.0 Å². The van der Waals surface area contributed by atoms with Crippen LogP contribution in [-0.4, -0.2) is 21.9 Å². The van der Waals surface area contributed by atoms with Crippen molar-refractivity contribution >= 4 is 0 Å². The van der Waals surface area contributed by atoms with Crippen LogP contribution in [0.2, 0.25) is 0 Å². The quantitative estimate of drug-likeness (QED) is 0.766. The molecule has 0 saturated heterocycles. The van der Waals surface area contributed by atoms with Gasteiger partial charge in [0.2, 0.25) is 0 Å². The number of aromatic amines is 1. The second-order valence-corrected chi connectivity index (χ2v) is 6.41. The Morgan fingerprint density at radius 1 is 1.22 bits per heavy atom. The molecule has 0 fully saturated rings. The number of rotatable bonds is 3. The van der Waals surface area contributed by atoms with Crippen LogP contribution in [0.25, 0.3) is 5.69 Å². The summed E-state index contributed by atoms with van der Waals surface area (Å²) >= 11 is 0. The molecule has 1 N–H and O–H groups in total. The fourth-order valence-electron chi connectivity index (χ4n) is 3.77. The van der Waals surface area contributed by atoms with Gasteiger partial charge in [-0.15, -0.1) is 0 Å². The molecule has 27 heavy (non-hydrogen) atoms. The summed E-state index contributed by atoms with van der Waals surface area (Å²) in [5.41, 5.74) is 1.32. The fraction of sp³-hybridized carbons (Fsp3) is 0.200. The average molecular weight is 360 g/mol. The van der Waals surface area contributed by atoms with E-state index in [1.807, 2.05) is 24.3 Å². The number of methoxy groups -OCH3 is 1. The lowest BCUT2D eigenvalue weighted by molar-refractivity contribution is 0.402. The summed E-state index contributed by atoms with van der Waals surface area (Å²) in [5.74, 6) is 0.491. The molecule has 134 valence electrons. The van der Waals surface area contributed by atoms with Crippen molar-refractivity contribution in [1.29, 1.82) is 5.26 Å². The van der Waals surface area contributed by atoms with Gasteiger partial charge in [0.1, 0.15) is 17.4 Å². The predicted octanol–water partition coefficient (Wildman–Crippen LogP) is 1.69. The highest BCUT2D eigenvalue weighted by Gasteiger charge is 2.42. The average Bonchev–Trinajstić information content (AvgIpc) is 3.07. The molecule has 2 aromatic carbocycles. The van der Waals surface area contributed by atoms with E-state index < -0.39 is 16.7 Å². The van der Waals surface area contributed by atoms with Crippen LogP contribution >= 0.6 is 0 Å². The molecule has 0 saturated carbocycles. The van der Waals surface area contributed by atoms with Crippen LogP contribution in [0, 0.1) is 11.3 Å². The van der Waals surface area contributed by atoms with Gasteiger partial charge in [0.05, 0.1) is 18.9 Å². The summed E-state index contributed by atoms with van der Waals surface area (Å²) in [4.78, 5) is 25.4. The Balaban J connectivity index is 1.89. The van der Waals surface area contributed by atoms with Gasteiger partial charge in [-0.25, -0.2) is 4.79 Å². The first-order valence-corrected chi connectivity index (χ1v) is 8.46. The molecule has 1 atom stereocenters. The minimum absolute atomic E-state index is 0.441. The molecule has 4 rings (SSSR count). The van der Waals surface area contributed by atoms with Crippen LogP contribution in [0.1, 0.15) is 23.1 Å². The van der Waals surface area contributed by atoms with Gasteiger partial charge in [-0.3, -0.25) is 9.78 Å². The largest absolute Gasteiger partial charge is 0.496 e. The second kappa shape index (κ2) is 6.25. The Morgan fingerprint density at radius 2 is 2.04 bits per heavy atom. The van der Waals surface area contributed by atoms with E-state index in [1.165, 1.54) is 7.11 Å². The first kappa shape index (κ1) is 16.8. The smallest absolute Gasteiger partial charge is 0.349 e. The van der Waals surface area contributed by atoms with E-state index in [-0.39, 0.29) is 0 Å². The highest BCUT2D eigenvalue weighted by Crippen LogP contribution is 2.47. The van der Waals surface area contributed by atoms with Crippen LogP contribution < -0.4 is 16.0 Å². The number of benzene rings is 2. The van der Waals surface area contributed by atoms with Crippen molar-refractivity contribution in [1.82, 2.24) is 14.8 Å². The molecular formula is C20H16N4O3. The number of nitriles is 1. The lowest BCUT2D eigenvalue weighted by Gasteiger charge is -2.25. The number of nitrogens with one attached hydrogen (secondary N) is 1. The third-order valence-corrected chi connectivity index (χ3v) is 5.04. The number of fused-ring (bicyclic) bond motifs is 1. The molecule has 1 aromatic heterocycles. The van der Waals surface area contributed by atoms with Crippen LogP contribution in [0.5, 0.6) is 5.75 Å². The summed E-state index contributed by atoms with van der Waals surface area (Å²) in [7, 11) is 1.53. The van der Waals surface area contributed by atoms with Gasteiger partial charge >= 0.3 is 5.69 Å². The van der Waals surface area contributed by atoms with Crippen molar-refractivity contribution in [2.75, 3.05) is 7.11 Å². The summed E-state index contributed by atoms with van der Waals surface area (Å²) in [6.07, 6.45) is 2.51. The van der Waals surface area contributed by atoms with Crippen LogP contribution in [0.3, 0.4) is 0 Å². The van der Waals surface area contributed by atoms with Crippen molar-refractivity contribution < 1.29 is 4.74 Å². The normalized spacial score (nSPS) is 17.9. The number of hydrogen-bond donors (Lipinski definition) is 1. The van der Waals surface area contributed by atoms with E-state index in [2.05, 4.69) is 16.2 Å². The van der Waals surface area contributed by atoms with Crippen molar-refractivity contribution in [2.45, 2.75) is 18.3 Å². The van der Waals surface area contributed by atoms with Gasteiger partial charge in [0, 0.05) is 11.6 Å². The molecule has 1 aliphatic carbocycles. The Hall–Kier alpha value is -3.66. The predicted molar refractivity (Wildman–Crippen MR) is 98.2 cm³/mol. The highest BCUT2D eigenvalue weighted by atomic mass is 16.5. The fourth-order valence-corrected chi connectivity index (χ4v) is 3.77. The molecule has 1 heterocycles. The van der Waals surface area contributed by atoms with Crippen molar-refractivity contribution in [3.8, 4) is 17.5 Å². The zero-order chi connectivity index (χ0) is 19.0. The number of hydrogen-bond acceptors (Lipinski definition) is 5. The SMILES string of the molecule is COc1cc(-n2ncc(=O)[nH]c2=O)ccc1C1(C#N)CCc2ccccc21. The van der Waals surface area contributed by atoms with E-state index >= 15 is 0 Å². The maximum absolute atomic E-state index is 12.0. The number of aromatic nitrogens is 3. The topological polar surface area (TPSA) is 101 Å². The van der Waals surface area contributed by atoms with Gasteiger partial charge in [0.25, 0.3) is 5.56 Å². The Kier molecular flexibility index (Phi) is 3.89. The Morgan fingerprint density at radius 3 is 2.78 bits per heavy atom. The number of aryl methyl sites for hydroxylation is 1. The highest BCUT2D eigenvalue weighted by molar-refractivity contribution is 5.59. The minimum atomic E-state index is -0.802. The van der Waals surface area contributed by atoms with E-state index in [9.17, 15) is 14.9 Å². The zero-order valence-corrected chi connectivity index (χ0v) is 14.6. The molecule has 7 heteroatoms. The first-order valence-electron chi connectivity index (χ1n) is 8.46. The van der Waals surface area contributed by atoms with Crippen LogP contribution in [0.4, 0.5) is 0 Å². The maximum atomic E-state index is 12.0. The minimum Gasteiger partial charge on any atom is -0.496 e. The molecule has 0 aliphatic heterocycles. The third kappa shape index (κ3) is 2.54. The number of H-pyrrole nitrogens is 1. The Labute approximate surface area is 154 Å². The summed E-state index contributed by atoms with van der Waals surface area (Å²) < 4.78 is 6.64. The molecule has 1 unspecified atom stereocenters. The molecular weight excluding hydrogens is 344 g/mol. The molecule has 0 radical (unpaired) electrons. The molecule has 1 aliphatic rings. The van der Waals surface area contributed by atoms with Crippen LogP contribution in [-0.2, 0) is 11.8 Å². The second-order valence-electron chi connectivity index (χ2n) is 6.41. The molecule has 7 nitrogen and oxygen atoms in total. The standard InChI is InChI=1S/C20H16N4O3/c1-27-17-10-14(24-19(26)23-18(25)11-22-24)6-7-16(17)20(12-21)9-8-13-4-2-3-5-15(13)20/h2-7,10-11H,8-9H2,1H3,(H,23,25,26). The summed E-state index contributed by atoms with van der Waals surface area (Å²) in [5, 5.41) is 13.9. The first-order chi connectivity index (χ1) is 13.1. The Bertz CT molecular complexity index is 1190. The van der Waals surface area contributed by atoms with E-state index in [4.69, 9.17) is 4.74 Å². The lowest BCUT2D eigenvalue weighted by atomic mass is 9.76. The van der Waals surface area contributed by atoms with Gasteiger partial charge in [-0.1, -0.05) is 30.3 Å². The van der Waals surface area contributed by atoms with Crippen molar-refractivity contribution in [3.05, 3.63) is 86.2 Å². The van der Waals surface area contributed by atoms with Crippen molar-refractivity contribution in [3.63, 3.8) is 0 Å². The summed E-state index contributed by atoms with van der Waals surface area (Å²) in [6.45, 7) is 0. The van der Waals surface area contributed by atoms with Crippen LogP contribution in [0.15, 0.2) is 58.3 Å². The maximum Gasteiger partial charge on any atom is 0.349 e. The number of ether oxygens (including phenoxy) is 1. The molecule has 0 amide bonds. The third-order valence-electron chi connectivity index (χ3n) is 5.04. The van der Waals surface area contributed by atoms with Gasteiger partial charge in [0.15, 0.2) is 0 Å². The number of nitrogens with zero attached hydrogens (tertiary/aromatic N) is 3. The molecule has 0 spiro atoms. The van der Waals surface area contributed by atoms with E-state index in [0.29, 0.717) is 17.9 Å². The van der Waals surface area contributed by atoms with Gasteiger partial charge in [-0.2, -0.15) is 15.0 Å². The van der Waals surface area contributed by atoms with Gasteiger partial charge < -0.3 is 4.74 Å². The molecule has 0 bridgehead atoms.